The number of ether oxygens (including phenoxy) is 4. The highest BCUT2D eigenvalue weighted by molar-refractivity contribution is 5.40. The summed E-state index contributed by atoms with van der Waals surface area (Å²) in [5.41, 5.74) is 3.83. The van der Waals surface area contributed by atoms with Crippen LogP contribution in [0.15, 0.2) is 42.5 Å². The van der Waals surface area contributed by atoms with Crippen molar-refractivity contribution >= 4 is 0 Å². The molecule has 0 aliphatic heterocycles. The Bertz CT molecular complexity index is 705. The Morgan fingerprint density at radius 1 is 0.793 bits per heavy atom. The first-order valence-electron chi connectivity index (χ1n) is 10.5. The Balaban J connectivity index is 1.89. The van der Waals surface area contributed by atoms with Gasteiger partial charge in [0.2, 0.25) is 0 Å². The highest BCUT2D eigenvalue weighted by atomic mass is 16.5. The number of nitrogens with one attached hydrogen (secondary N) is 1. The van der Waals surface area contributed by atoms with Crippen LogP contribution >= 0.6 is 0 Å². The zero-order chi connectivity index (χ0) is 20.7. The van der Waals surface area contributed by atoms with E-state index in [9.17, 15) is 0 Å². The van der Waals surface area contributed by atoms with Crippen molar-refractivity contribution in [3.8, 4) is 11.5 Å². The lowest BCUT2D eigenvalue weighted by Crippen LogP contribution is -2.18. The normalized spacial score (nSPS) is 10.9. The van der Waals surface area contributed by atoms with E-state index in [4.69, 9.17) is 18.9 Å². The first kappa shape index (κ1) is 23.2. The molecule has 0 radical (unpaired) electrons. The van der Waals surface area contributed by atoms with Gasteiger partial charge in [-0.25, -0.2) is 0 Å². The fourth-order valence-electron chi connectivity index (χ4n) is 2.96. The third-order valence-corrected chi connectivity index (χ3v) is 4.58. The molecule has 1 N–H and O–H groups in total. The summed E-state index contributed by atoms with van der Waals surface area (Å²) in [5, 5.41) is 3.53. The molecule has 0 unspecified atom stereocenters. The fraction of sp³-hybridized carbons (Fsp3) is 0.500. The lowest BCUT2D eigenvalue weighted by atomic mass is 10.1. The van der Waals surface area contributed by atoms with E-state index in [0.29, 0.717) is 39.6 Å². The van der Waals surface area contributed by atoms with Crippen molar-refractivity contribution in [2.75, 3.05) is 46.2 Å². The summed E-state index contributed by atoms with van der Waals surface area (Å²) < 4.78 is 22.5. The molecule has 0 spiro atoms. The molecule has 0 heterocycles. The van der Waals surface area contributed by atoms with E-state index in [1.54, 1.807) is 0 Å². The number of hydrogen-bond acceptors (Lipinski definition) is 5. The van der Waals surface area contributed by atoms with Crippen molar-refractivity contribution in [2.45, 2.75) is 33.7 Å². The van der Waals surface area contributed by atoms with Crippen molar-refractivity contribution in [2.24, 2.45) is 0 Å². The molecule has 5 nitrogen and oxygen atoms in total. The van der Waals surface area contributed by atoms with Gasteiger partial charge in [-0.3, -0.25) is 0 Å². The molecule has 5 heteroatoms. The molecule has 0 bridgehead atoms. The second-order valence-electron chi connectivity index (χ2n) is 6.71. The second kappa shape index (κ2) is 14.0. The van der Waals surface area contributed by atoms with Crippen LogP contribution < -0.4 is 14.8 Å². The fourth-order valence-corrected chi connectivity index (χ4v) is 2.96. The number of aryl methyl sites for hydroxylation is 1. The van der Waals surface area contributed by atoms with Gasteiger partial charge in [-0.15, -0.1) is 0 Å². The molecule has 0 saturated carbocycles. The third-order valence-electron chi connectivity index (χ3n) is 4.58. The van der Waals surface area contributed by atoms with Gasteiger partial charge < -0.3 is 24.3 Å². The van der Waals surface area contributed by atoms with E-state index in [1.165, 1.54) is 11.1 Å². The number of hydrogen-bond donors (Lipinski definition) is 1. The Hall–Kier alpha value is -2.08. The van der Waals surface area contributed by atoms with Crippen LogP contribution in [0, 0.1) is 6.92 Å². The molecule has 0 aliphatic carbocycles. The van der Waals surface area contributed by atoms with Crippen LogP contribution in [0.25, 0.3) is 0 Å². The summed E-state index contributed by atoms with van der Waals surface area (Å²) in [5.74, 6) is 1.63. The molecule has 0 aliphatic rings. The van der Waals surface area contributed by atoms with Gasteiger partial charge in [0.25, 0.3) is 0 Å². The summed E-state index contributed by atoms with van der Waals surface area (Å²) in [7, 11) is 0. The first-order valence-corrected chi connectivity index (χ1v) is 10.5. The second-order valence-corrected chi connectivity index (χ2v) is 6.71. The van der Waals surface area contributed by atoms with Crippen LogP contribution in [-0.2, 0) is 22.4 Å². The van der Waals surface area contributed by atoms with E-state index < -0.39 is 0 Å². The van der Waals surface area contributed by atoms with Gasteiger partial charge in [0.15, 0.2) is 0 Å². The molecule has 0 atom stereocenters. The largest absolute Gasteiger partial charge is 0.491 e. The molecule has 2 aromatic rings. The average molecular weight is 402 g/mol. The Kier molecular flexibility index (Phi) is 11.2. The molecule has 0 fully saturated rings. The molecule has 0 amide bonds. The molecular weight excluding hydrogens is 366 g/mol. The average Bonchev–Trinajstić information content (AvgIpc) is 2.74. The van der Waals surface area contributed by atoms with Crippen molar-refractivity contribution in [1.82, 2.24) is 5.32 Å². The lowest BCUT2D eigenvalue weighted by Gasteiger charge is -2.15. The Morgan fingerprint density at radius 2 is 1.52 bits per heavy atom. The van der Waals surface area contributed by atoms with Crippen LogP contribution in [0.3, 0.4) is 0 Å². The molecule has 29 heavy (non-hydrogen) atoms. The van der Waals surface area contributed by atoms with E-state index in [0.717, 1.165) is 36.6 Å². The van der Waals surface area contributed by atoms with Crippen molar-refractivity contribution < 1.29 is 18.9 Å². The van der Waals surface area contributed by atoms with Crippen LogP contribution in [0.5, 0.6) is 11.5 Å². The smallest absolute Gasteiger partial charge is 0.127 e. The third kappa shape index (κ3) is 8.86. The number of benzene rings is 2. The maximum Gasteiger partial charge on any atom is 0.127 e. The van der Waals surface area contributed by atoms with Crippen LogP contribution in [0.4, 0.5) is 0 Å². The molecule has 160 valence electrons. The summed E-state index contributed by atoms with van der Waals surface area (Å²) in [6.07, 6.45) is 1.01. The van der Waals surface area contributed by atoms with Gasteiger partial charge in [0.1, 0.15) is 24.7 Å². The Morgan fingerprint density at radius 3 is 2.24 bits per heavy atom. The summed E-state index contributed by atoms with van der Waals surface area (Å²) in [6.45, 7) is 11.4. The maximum absolute atomic E-state index is 5.97. The van der Waals surface area contributed by atoms with Gasteiger partial charge in [-0.2, -0.15) is 0 Å². The van der Waals surface area contributed by atoms with Crippen molar-refractivity contribution in [1.29, 1.82) is 0 Å². The van der Waals surface area contributed by atoms with Gasteiger partial charge in [-0.05, 0) is 50.9 Å². The van der Waals surface area contributed by atoms with Crippen molar-refractivity contribution in [3.63, 3.8) is 0 Å². The van der Waals surface area contributed by atoms with E-state index in [-0.39, 0.29) is 0 Å². The monoisotopic (exact) mass is 401 g/mol. The predicted molar refractivity (Wildman–Crippen MR) is 117 cm³/mol. The van der Waals surface area contributed by atoms with E-state index >= 15 is 0 Å². The number of rotatable bonds is 15. The lowest BCUT2D eigenvalue weighted by molar-refractivity contribution is 0.107. The van der Waals surface area contributed by atoms with Gasteiger partial charge >= 0.3 is 0 Å². The highest BCUT2D eigenvalue weighted by Crippen LogP contribution is 2.25. The molecule has 0 aromatic heterocycles. The first-order chi connectivity index (χ1) is 14.2. The molecule has 2 aromatic carbocycles. The van der Waals surface area contributed by atoms with E-state index in [1.807, 2.05) is 26.0 Å². The zero-order valence-electron chi connectivity index (χ0n) is 18.0. The quantitative estimate of drug-likeness (QED) is 0.454. The molecule has 0 saturated heterocycles. The van der Waals surface area contributed by atoms with Gasteiger partial charge in [0, 0.05) is 31.4 Å². The Labute approximate surface area is 175 Å². The minimum atomic E-state index is 0.520. The van der Waals surface area contributed by atoms with Crippen molar-refractivity contribution in [3.05, 3.63) is 59.2 Å². The molecule has 2 rings (SSSR count). The minimum absolute atomic E-state index is 0.520. The van der Waals surface area contributed by atoms with Gasteiger partial charge in [-0.1, -0.05) is 30.3 Å². The summed E-state index contributed by atoms with van der Waals surface area (Å²) >= 11 is 0. The highest BCUT2D eigenvalue weighted by Gasteiger charge is 2.07. The van der Waals surface area contributed by atoms with Crippen LogP contribution in [0.1, 0.15) is 30.5 Å². The maximum atomic E-state index is 5.97. The van der Waals surface area contributed by atoms with Gasteiger partial charge in [0.05, 0.1) is 13.2 Å². The summed E-state index contributed by atoms with van der Waals surface area (Å²) in [6, 6.07) is 14.5. The topological polar surface area (TPSA) is 49.0 Å². The van der Waals surface area contributed by atoms with E-state index in [2.05, 4.69) is 42.6 Å². The predicted octanol–water partition coefficient (Wildman–Crippen LogP) is 4.16. The zero-order valence-corrected chi connectivity index (χ0v) is 18.0. The molecular formula is C24H35NO4. The minimum Gasteiger partial charge on any atom is -0.491 e. The summed E-state index contributed by atoms with van der Waals surface area (Å²) in [4.78, 5) is 0. The van der Waals surface area contributed by atoms with Crippen LogP contribution in [-0.4, -0.2) is 46.2 Å². The standard InChI is InChI=1S/C24H35NO4/c1-4-26-14-16-28-23-11-10-22(24(18-23)29-17-15-27-5-2)19-25-13-12-21-9-7-6-8-20(21)3/h6-11,18,25H,4-5,12-17,19H2,1-3H3. The van der Waals surface area contributed by atoms with Crippen LogP contribution in [0.2, 0.25) is 0 Å². The SMILES string of the molecule is CCOCCOc1ccc(CNCCc2ccccc2C)c(OCCOCC)c1.